The number of hydrogen-bond donors (Lipinski definition) is 1. The summed E-state index contributed by atoms with van der Waals surface area (Å²) in [6.45, 7) is 3.22. The number of benzene rings is 1. The molecule has 9 nitrogen and oxygen atoms in total. The molecule has 1 aliphatic heterocycles. The van der Waals surface area contributed by atoms with Crippen molar-refractivity contribution < 1.29 is 23.4 Å². The van der Waals surface area contributed by atoms with Crippen LogP contribution >= 0.6 is 0 Å². The summed E-state index contributed by atoms with van der Waals surface area (Å²) in [4.78, 5) is 26.9. The van der Waals surface area contributed by atoms with E-state index in [4.69, 9.17) is 4.74 Å². The largest absolute Gasteiger partial charge is 0.441 e. The standard InChI is InChI=1S/C25H26F2N6O3/c1-23(2,35)19-10-30-20(11-29-19)33-14-25(36-22(33)34)7-3-6-24(12-25,21(26)27)13-32-15-31-17-5-4-16(9-28)8-18(17)32/h4-5,8,10-11,15,21,35H,3,6-7,12-14H2,1-2H3/t24-,25+/m1/s1. The number of nitrogens with zero attached hydrogens (tertiary/aromatic N) is 6. The maximum atomic E-state index is 14.7. The highest BCUT2D eigenvalue weighted by atomic mass is 19.3. The maximum absolute atomic E-state index is 14.7. The van der Waals surface area contributed by atoms with Gasteiger partial charge in [-0.2, -0.15) is 5.26 Å². The molecular formula is C25H26F2N6O3. The quantitative estimate of drug-likeness (QED) is 0.564. The Balaban J connectivity index is 1.42. The van der Waals surface area contributed by atoms with Crippen LogP contribution in [-0.2, 0) is 16.9 Å². The van der Waals surface area contributed by atoms with Crippen LogP contribution in [0.1, 0.15) is 50.8 Å². The van der Waals surface area contributed by atoms with E-state index in [2.05, 4.69) is 21.0 Å². The number of rotatable bonds is 5. The smallest absolute Gasteiger partial charge is 0.416 e. The van der Waals surface area contributed by atoms with Crippen LogP contribution in [0.15, 0.2) is 36.9 Å². The zero-order chi connectivity index (χ0) is 25.7. The molecule has 2 aromatic heterocycles. The van der Waals surface area contributed by atoms with E-state index in [1.165, 1.54) is 23.6 Å². The van der Waals surface area contributed by atoms with E-state index < -0.39 is 29.1 Å². The number of aliphatic hydroxyl groups is 1. The van der Waals surface area contributed by atoms with Crippen molar-refractivity contribution in [3.8, 4) is 6.07 Å². The predicted molar refractivity (Wildman–Crippen MR) is 125 cm³/mol. The predicted octanol–water partition coefficient (Wildman–Crippen LogP) is 4.15. The van der Waals surface area contributed by atoms with Gasteiger partial charge < -0.3 is 14.4 Å². The maximum Gasteiger partial charge on any atom is 0.416 e. The van der Waals surface area contributed by atoms with Crippen molar-refractivity contribution in [1.29, 1.82) is 5.26 Å². The van der Waals surface area contributed by atoms with Crippen molar-refractivity contribution in [3.63, 3.8) is 0 Å². The number of aromatic nitrogens is 4. The fraction of sp³-hybridized carbons (Fsp3) is 0.480. The lowest BCUT2D eigenvalue weighted by Crippen LogP contribution is -2.49. The topological polar surface area (TPSA) is 117 Å². The molecule has 2 fully saturated rings. The minimum Gasteiger partial charge on any atom is -0.441 e. The van der Waals surface area contributed by atoms with E-state index >= 15 is 0 Å². The molecule has 1 aromatic carbocycles. The molecule has 5 rings (SSSR count). The number of nitriles is 1. The molecule has 0 unspecified atom stereocenters. The van der Waals surface area contributed by atoms with Gasteiger partial charge in [-0.1, -0.05) is 0 Å². The first-order valence-electron chi connectivity index (χ1n) is 11.7. The molecule has 3 aromatic rings. The van der Waals surface area contributed by atoms with Crippen LogP contribution in [0.3, 0.4) is 0 Å². The molecule has 1 saturated heterocycles. The lowest BCUT2D eigenvalue weighted by molar-refractivity contribution is -0.104. The Morgan fingerprint density at radius 3 is 2.72 bits per heavy atom. The number of carbonyl (C=O) groups is 1. The van der Waals surface area contributed by atoms with Gasteiger partial charge in [0.05, 0.1) is 59.0 Å². The molecule has 1 spiro atoms. The number of alkyl halides is 2. The fourth-order valence-corrected chi connectivity index (χ4v) is 5.36. The highest BCUT2D eigenvalue weighted by molar-refractivity contribution is 5.89. The summed E-state index contributed by atoms with van der Waals surface area (Å²) < 4.78 is 36.9. The molecule has 2 aliphatic rings. The molecule has 1 N–H and O–H groups in total. The van der Waals surface area contributed by atoms with Crippen LogP contribution in [0.4, 0.5) is 19.4 Å². The Morgan fingerprint density at radius 2 is 2.06 bits per heavy atom. The average molecular weight is 497 g/mol. The third kappa shape index (κ3) is 4.15. The van der Waals surface area contributed by atoms with Crippen LogP contribution < -0.4 is 4.90 Å². The van der Waals surface area contributed by atoms with Gasteiger partial charge in [-0.05, 0) is 51.3 Å². The molecule has 0 radical (unpaired) electrons. The van der Waals surface area contributed by atoms with E-state index in [-0.39, 0.29) is 31.7 Å². The number of carbonyl (C=O) groups excluding carboxylic acids is 1. The van der Waals surface area contributed by atoms with Gasteiger partial charge in [0.15, 0.2) is 5.82 Å². The van der Waals surface area contributed by atoms with Gasteiger partial charge in [0.2, 0.25) is 6.43 Å². The molecule has 2 atom stereocenters. The van der Waals surface area contributed by atoms with Gasteiger partial charge in [-0.25, -0.2) is 23.5 Å². The second kappa shape index (κ2) is 8.48. The Hall–Kier alpha value is -3.65. The van der Waals surface area contributed by atoms with E-state index in [0.717, 1.165) is 0 Å². The van der Waals surface area contributed by atoms with Crippen LogP contribution in [0.2, 0.25) is 0 Å². The van der Waals surface area contributed by atoms with Crippen molar-refractivity contribution in [2.75, 3.05) is 11.4 Å². The summed E-state index contributed by atoms with van der Waals surface area (Å²) in [5.41, 5.74) is -1.72. The minimum absolute atomic E-state index is 0.0184. The minimum atomic E-state index is -2.66. The molecule has 1 aliphatic carbocycles. The number of fused-ring (bicyclic) bond motifs is 1. The van der Waals surface area contributed by atoms with Crippen molar-refractivity contribution >= 4 is 22.9 Å². The summed E-state index contributed by atoms with van der Waals surface area (Å²) in [7, 11) is 0. The average Bonchev–Trinajstić information content (AvgIpc) is 3.38. The Labute approximate surface area is 206 Å². The number of imidazole rings is 1. The summed E-state index contributed by atoms with van der Waals surface area (Å²) in [6.07, 6.45) is 2.13. The van der Waals surface area contributed by atoms with Crippen molar-refractivity contribution in [2.24, 2.45) is 5.41 Å². The van der Waals surface area contributed by atoms with Gasteiger partial charge in [-0.15, -0.1) is 0 Å². The molecular weight excluding hydrogens is 470 g/mol. The molecule has 11 heteroatoms. The Bertz CT molecular complexity index is 1350. The van der Waals surface area contributed by atoms with Crippen LogP contribution in [-0.4, -0.2) is 49.3 Å². The van der Waals surface area contributed by atoms with E-state index in [1.807, 2.05) is 0 Å². The van der Waals surface area contributed by atoms with Crippen LogP contribution in [0.25, 0.3) is 11.0 Å². The third-order valence-corrected chi connectivity index (χ3v) is 7.19. The highest BCUT2D eigenvalue weighted by Crippen LogP contribution is 2.51. The van der Waals surface area contributed by atoms with Gasteiger partial charge >= 0.3 is 6.09 Å². The summed E-state index contributed by atoms with van der Waals surface area (Å²) in [6, 6.07) is 7.06. The van der Waals surface area contributed by atoms with Crippen LogP contribution in [0.5, 0.6) is 0 Å². The van der Waals surface area contributed by atoms with Gasteiger partial charge in [-0.3, -0.25) is 9.88 Å². The molecule has 3 heterocycles. The lowest BCUT2D eigenvalue weighted by atomic mass is 9.67. The monoisotopic (exact) mass is 496 g/mol. The zero-order valence-corrected chi connectivity index (χ0v) is 20.0. The van der Waals surface area contributed by atoms with E-state index in [9.17, 15) is 23.9 Å². The summed E-state index contributed by atoms with van der Waals surface area (Å²) >= 11 is 0. The first-order chi connectivity index (χ1) is 17.0. The molecule has 1 saturated carbocycles. The SMILES string of the molecule is CC(C)(O)c1cnc(N2C[C@@]3(CCC[C@@](Cn4cnc5ccc(C#N)cc54)(C(F)F)C3)OC2=O)cn1. The molecule has 0 bridgehead atoms. The first-order valence-corrected chi connectivity index (χ1v) is 11.7. The zero-order valence-electron chi connectivity index (χ0n) is 20.0. The van der Waals surface area contributed by atoms with Crippen molar-refractivity contribution in [3.05, 3.63) is 48.2 Å². The van der Waals surface area contributed by atoms with Gasteiger partial charge in [0.25, 0.3) is 0 Å². The van der Waals surface area contributed by atoms with E-state index in [0.29, 0.717) is 35.1 Å². The Kier molecular flexibility index (Phi) is 5.67. The Morgan fingerprint density at radius 1 is 1.25 bits per heavy atom. The van der Waals surface area contributed by atoms with Gasteiger partial charge in [0.1, 0.15) is 11.2 Å². The van der Waals surface area contributed by atoms with E-state index in [1.54, 1.807) is 36.6 Å². The number of hydrogen-bond acceptors (Lipinski definition) is 7. The fourth-order valence-electron chi connectivity index (χ4n) is 5.36. The van der Waals surface area contributed by atoms with Crippen molar-refractivity contribution in [1.82, 2.24) is 19.5 Å². The normalized spacial score (nSPS) is 24.5. The lowest BCUT2D eigenvalue weighted by Gasteiger charge is -2.44. The molecule has 188 valence electrons. The number of anilines is 1. The number of amides is 1. The number of halogens is 2. The van der Waals surface area contributed by atoms with Crippen molar-refractivity contribution in [2.45, 2.75) is 63.7 Å². The molecule has 36 heavy (non-hydrogen) atoms. The molecule has 1 amide bonds. The summed E-state index contributed by atoms with van der Waals surface area (Å²) in [5.74, 6) is 0.239. The van der Waals surface area contributed by atoms with Crippen LogP contribution in [0, 0.1) is 16.7 Å². The first kappa shape index (κ1) is 24.1. The van der Waals surface area contributed by atoms with Gasteiger partial charge in [0, 0.05) is 13.0 Å². The third-order valence-electron chi connectivity index (χ3n) is 7.19. The number of ether oxygens (including phenoxy) is 1. The second-order valence-electron chi connectivity index (χ2n) is 10.3. The highest BCUT2D eigenvalue weighted by Gasteiger charge is 2.56. The second-order valence-corrected chi connectivity index (χ2v) is 10.3. The summed E-state index contributed by atoms with van der Waals surface area (Å²) in [5, 5.41) is 19.4.